The molecule has 1 saturated heterocycles. The largest absolute Gasteiger partial charge is 0.490 e. The Hall–Kier alpha value is -2.84. The second-order valence-corrected chi connectivity index (χ2v) is 8.25. The van der Waals surface area contributed by atoms with Crippen LogP contribution in [0.15, 0.2) is 47.4 Å². The minimum absolute atomic E-state index is 0.144. The number of rotatable bonds is 8. The third-order valence-corrected chi connectivity index (χ3v) is 5.63. The molecule has 0 spiro atoms. The van der Waals surface area contributed by atoms with Gasteiger partial charge in [0.25, 0.3) is 5.91 Å². The summed E-state index contributed by atoms with van der Waals surface area (Å²) in [6.07, 6.45) is 1.75. The molecule has 0 radical (unpaired) electrons. The highest BCUT2D eigenvalue weighted by atomic mass is 32.2. The highest BCUT2D eigenvalue weighted by Gasteiger charge is 2.32. The van der Waals surface area contributed by atoms with E-state index in [9.17, 15) is 9.59 Å². The molecule has 1 amide bonds. The van der Waals surface area contributed by atoms with Crippen molar-refractivity contribution in [2.45, 2.75) is 20.4 Å². The van der Waals surface area contributed by atoms with Crippen molar-refractivity contribution in [3.05, 3.63) is 64.1 Å². The van der Waals surface area contributed by atoms with Crippen LogP contribution < -0.4 is 9.47 Å². The van der Waals surface area contributed by atoms with Crippen LogP contribution in [0.1, 0.15) is 23.6 Å². The van der Waals surface area contributed by atoms with Gasteiger partial charge in [-0.3, -0.25) is 9.69 Å². The summed E-state index contributed by atoms with van der Waals surface area (Å²) in [6, 6.07) is 13.1. The van der Waals surface area contributed by atoms with Gasteiger partial charge in [-0.25, -0.2) is 4.79 Å². The maximum absolute atomic E-state index is 12.9. The Balaban J connectivity index is 1.79. The van der Waals surface area contributed by atoms with Crippen molar-refractivity contribution in [1.29, 1.82) is 0 Å². The highest BCUT2D eigenvalue weighted by molar-refractivity contribution is 8.26. The van der Waals surface area contributed by atoms with Crippen LogP contribution in [0.4, 0.5) is 0 Å². The van der Waals surface area contributed by atoms with E-state index >= 15 is 0 Å². The van der Waals surface area contributed by atoms with Crippen molar-refractivity contribution < 1.29 is 24.2 Å². The maximum atomic E-state index is 12.9. The van der Waals surface area contributed by atoms with Gasteiger partial charge < -0.3 is 14.6 Å². The molecule has 2 aromatic carbocycles. The summed E-state index contributed by atoms with van der Waals surface area (Å²) >= 11 is 6.67. The molecule has 0 saturated carbocycles. The molecular formula is C22H21NO5S2. The van der Waals surface area contributed by atoms with Crippen LogP contribution in [0.5, 0.6) is 11.5 Å². The van der Waals surface area contributed by atoms with Gasteiger partial charge in [0.2, 0.25) is 0 Å². The Morgan fingerprint density at radius 2 is 1.90 bits per heavy atom. The number of amides is 1. The molecule has 0 atom stereocenters. The fourth-order valence-corrected chi connectivity index (χ4v) is 4.06. The molecule has 156 valence electrons. The highest BCUT2D eigenvalue weighted by Crippen LogP contribution is 2.35. The van der Waals surface area contributed by atoms with Gasteiger partial charge in [-0.2, -0.15) is 0 Å². The van der Waals surface area contributed by atoms with E-state index in [0.717, 1.165) is 16.7 Å². The Labute approximate surface area is 184 Å². The molecule has 1 aliphatic rings. The van der Waals surface area contributed by atoms with Gasteiger partial charge in [-0.1, -0.05) is 59.9 Å². The first-order valence-corrected chi connectivity index (χ1v) is 10.5. The molecule has 30 heavy (non-hydrogen) atoms. The maximum Gasteiger partial charge on any atom is 0.341 e. The monoisotopic (exact) mass is 443 g/mol. The van der Waals surface area contributed by atoms with Gasteiger partial charge in [0.05, 0.1) is 18.1 Å². The summed E-state index contributed by atoms with van der Waals surface area (Å²) in [5, 5.41) is 8.81. The van der Waals surface area contributed by atoms with Crippen molar-refractivity contribution in [2.75, 3.05) is 13.2 Å². The van der Waals surface area contributed by atoms with E-state index in [2.05, 4.69) is 0 Å². The van der Waals surface area contributed by atoms with E-state index in [1.54, 1.807) is 29.2 Å². The molecule has 1 heterocycles. The van der Waals surface area contributed by atoms with E-state index in [4.69, 9.17) is 26.8 Å². The molecule has 1 aliphatic heterocycles. The number of thioether (sulfide) groups is 1. The van der Waals surface area contributed by atoms with Crippen molar-refractivity contribution >= 4 is 46.3 Å². The van der Waals surface area contributed by atoms with Crippen molar-refractivity contribution in [3.8, 4) is 11.5 Å². The van der Waals surface area contributed by atoms with Gasteiger partial charge in [0.15, 0.2) is 18.1 Å². The standard InChI is InChI=1S/C22H21NO5S2/c1-3-27-18-10-16(8-9-17(18)28-13-20(24)25)11-19-21(26)23(22(29)30-19)12-15-6-4-14(2)5-7-15/h4-11H,3,12-13H2,1-2H3,(H,24,25)/b19-11-. The number of aryl methyl sites for hydroxylation is 1. The average Bonchev–Trinajstić information content (AvgIpc) is 2.96. The van der Waals surface area contributed by atoms with Gasteiger partial charge in [-0.15, -0.1) is 0 Å². The average molecular weight is 444 g/mol. The molecule has 0 unspecified atom stereocenters. The normalized spacial score (nSPS) is 15.0. The van der Waals surface area contributed by atoms with E-state index in [1.807, 2.05) is 38.1 Å². The molecule has 8 heteroatoms. The van der Waals surface area contributed by atoms with Crippen LogP contribution in [0.3, 0.4) is 0 Å². The quantitative estimate of drug-likeness (QED) is 0.483. The Bertz CT molecular complexity index is 1000. The minimum atomic E-state index is -1.07. The number of ether oxygens (including phenoxy) is 2. The zero-order valence-corrected chi connectivity index (χ0v) is 18.2. The van der Waals surface area contributed by atoms with Gasteiger partial charge in [0, 0.05) is 0 Å². The van der Waals surface area contributed by atoms with Crippen LogP contribution in [-0.2, 0) is 16.1 Å². The lowest BCUT2D eigenvalue weighted by Gasteiger charge is -2.14. The lowest BCUT2D eigenvalue weighted by Crippen LogP contribution is -2.27. The predicted molar refractivity (Wildman–Crippen MR) is 121 cm³/mol. The fraction of sp³-hybridized carbons (Fsp3) is 0.227. The van der Waals surface area contributed by atoms with E-state index in [1.165, 1.54) is 11.8 Å². The van der Waals surface area contributed by atoms with Crippen molar-refractivity contribution in [1.82, 2.24) is 4.90 Å². The third-order valence-electron chi connectivity index (χ3n) is 4.25. The second kappa shape index (κ2) is 9.77. The zero-order valence-electron chi connectivity index (χ0n) is 16.6. The van der Waals surface area contributed by atoms with E-state index in [-0.39, 0.29) is 5.91 Å². The van der Waals surface area contributed by atoms with Crippen molar-refractivity contribution in [3.63, 3.8) is 0 Å². The number of nitrogens with zero attached hydrogens (tertiary/aromatic N) is 1. The summed E-state index contributed by atoms with van der Waals surface area (Å²) in [5.41, 5.74) is 2.90. The zero-order chi connectivity index (χ0) is 21.7. The molecule has 3 rings (SSSR count). The fourth-order valence-electron chi connectivity index (χ4n) is 2.81. The number of hydrogen-bond acceptors (Lipinski definition) is 6. The van der Waals surface area contributed by atoms with Crippen LogP contribution in [-0.4, -0.2) is 39.4 Å². The number of thiocarbonyl (C=S) groups is 1. The van der Waals surface area contributed by atoms with Crippen LogP contribution in [0.25, 0.3) is 6.08 Å². The molecule has 0 bridgehead atoms. The number of aliphatic carboxylic acids is 1. The van der Waals surface area contributed by atoms with Crippen LogP contribution >= 0.6 is 24.0 Å². The molecule has 6 nitrogen and oxygen atoms in total. The Morgan fingerprint density at radius 3 is 2.57 bits per heavy atom. The molecular weight excluding hydrogens is 422 g/mol. The number of hydrogen-bond donors (Lipinski definition) is 1. The molecule has 1 fully saturated rings. The van der Waals surface area contributed by atoms with Crippen molar-refractivity contribution in [2.24, 2.45) is 0 Å². The number of carboxylic acid groups (broad SMARTS) is 1. The van der Waals surface area contributed by atoms with Crippen LogP contribution in [0.2, 0.25) is 0 Å². The third kappa shape index (κ3) is 5.40. The molecule has 2 aromatic rings. The Kier molecular flexibility index (Phi) is 7.12. The lowest BCUT2D eigenvalue weighted by atomic mass is 10.1. The van der Waals surface area contributed by atoms with Crippen LogP contribution in [0, 0.1) is 6.92 Å². The minimum Gasteiger partial charge on any atom is -0.490 e. The topological polar surface area (TPSA) is 76.1 Å². The summed E-state index contributed by atoms with van der Waals surface area (Å²) < 4.78 is 11.3. The number of carbonyl (C=O) groups is 2. The first-order valence-electron chi connectivity index (χ1n) is 9.29. The molecule has 0 aromatic heterocycles. The summed E-state index contributed by atoms with van der Waals surface area (Å²) in [7, 11) is 0. The predicted octanol–water partition coefficient (Wildman–Crippen LogP) is 4.26. The smallest absolute Gasteiger partial charge is 0.341 e. The SMILES string of the molecule is CCOc1cc(/C=C2\SC(=S)N(Cc3ccc(C)cc3)C2=O)ccc1OCC(=O)O. The summed E-state index contributed by atoms with van der Waals surface area (Å²) in [4.78, 5) is 25.7. The molecule has 0 aliphatic carbocycles. The lowest BCUT2D eigenvalue weighted by molar-refractivity contribution is -0.139. The first-order chi connectivity index (χ1) is 14.4. The van der Waals surface area contributed by atoms with Gasteiger partial charge in [-0.05, 0) is 43.2 Å². The number of benzene rings is 2. The summed E-state index contributed by atoms with van der Waals surface area (Å²) in [5.74, 6) is -0.459. The molecule has 1 N–H and O–H groups in total. The van der Waals surface area contributed by atoms with Gasteiger partial charge in [0.1, 0.15) is 4.32 Å². The number of carboxylic acids is 1. The summed E-state index contributed by atoms with van der Waals surface area (Å²) in [6.45, 7) is 4.20. The second-order valence-electron chi connectivity index (χ2n) is 6.58. The Morgan fingerprint density at radius 1 is 1.17 bits per heavy atom. The first kappa shape index (κ1) is 21.9. The van der Waals surface area contributed by atoms with Gasteiger partial charge >= 0.3 is 5.97 Å². The van der Waals surface area contributed by atoms with E-state index in [0.29, 0.717) is 33.9 Å². The van der Waals surface area contributed by atoms with E-state index < -0.39 is 12.6 Å². The number of carbonyl (C=O) groups excluding carboxylic acids is 1.